The molecule has 18 heavy (non-hydrogen) atoms. The molecule has 5 heteroatoms. The zero-order chi connectivity index (χ0) is 13.1. The second kappa shape index (κ2) is 5.55. The van der Waals surface area contributed by atoms with E-state index in [9.17, 15) is 4.79 Å². The van der Waals surface area contributed by atoms with Crippen LogP contribution in [0.15, 0.2) is 30.6 Å². The third-order valence-corrected chi connectivity index (χ3v) is 3.17. The first-order valence-corrected chi connectivity index (χ1v) is 6.35. The van der Waals surface area contributed by atoms with Crippen molar-refractivity contribution in [2.75, 3.05) is 0 Å². The van der Waals surface area contributed by atoms with Gasteiger partial charge in [0.15, 0.2) is 5.78 Å². The van der Waals surface area contributed by atoms with Crippen LogP contribution in [0.5, 0.6) is 0 Å². The van der Waals surface area contributed by atoms with E-state index in [1.807, 2.05) is 13.1 Å². The minimum Gasteiger partial charge on any atom is -0.294 e. The van der Waals surface area contributed by atoms with E-state index in [1.165, 1.54) is 0 Å². The number of rotatable bonds is 4. The predicted octanol–water partition coefficient (Wildman–Crippen LogP) is 3.64. The van der Waals surface area contributed by atoms with Gasteiger partial charge in [-0.15, -0.1) is 0 Å². The molecule has 0 aliphatic carbocycles. The van der Waals surface area contributed by atoms with Gasteiger partial charge in [0.05, 0.1) is 11.2 Å². The number of carbonyl (C=O) groups excluding carboxylic acids is 1. The van der Waals surface area contributed by atoms with E-state index in [0.29, 0.717) is 15.6 Å². The van der Waals surface area contributed by atoms with E-state index in [2.05, 4.69) is 5.10 Å². The number of carbonyl (C=O) groups is 1. The quantitative estimate of drug-likeness (QED) is 0.803. The standard InChI is InChI=1S/C13H12Cl2N2O/c1-2-17-8-9(7-16-17)5-13(18)11-6-10(14)3-4-12(11)15/h3-4,6-8H,2,5H2,1H3. The average Bonchev–Trinajstić information content (AvgIpc) is 2.80. The van der Waals surface area contributed by atoms with Gasteiger partial charge in [-0.05, 0) is 30.7 Å². The van der Waals surface area contributed by atoms with E-state index in [-0.39, 0.29) is 12.2 Å². The zero-order valence-corrected chi connectivity index (χ0v) is 11.4. The van der Waals surface area contributed by atoms with Crippen LogP contribution in [-0.4, -0.2) is 15.6 Å². The highest BCUT2D eigenvalue weighted by Gasteiger charge is 2.12. The topological polar surface area (TPSA) is 34.9 Å². The minimum absolute atomic E-state index is 0.0573. The maximum absolute atomic E-state index is 12.1. The summed E-state index contributed by atoms with van der Waals surface area (Å²) in [6.07, 6.45) is 3.83. The van der Waals surface area contributed by atoms with Crippen LogP contribution >= 0.6 is 23.2 Å². The van der Waals surface area contributed by atoms with E-state index >= 15 is 0 Å². The van der Waals surface area contributed by atoms with Crippen LogP contribution in [-0.2, 0) is 13.0 Å². The molecule has 2 rings (SSSR count). The Morgan fingerprint density at radius 1 is 1.39 bits per heavy atom. The Hall–Kier alpha value is -1.32. The Morgan fingerprint density at radius 2 is 2.17 bits per heavy atom. The SMILES string of the molecule is CCn1cc(CC(=O)c2cc(Cl)ccc2Cl)cn1. The van der Waals surface area contributed by atoms with Gasteiger partial charge in [-0.3, -0.25) is 9.48 Å². The van der Waals surface area contributed by atoms with Crippen molar-refractivity contribution in [1.82, 2.24) is 9.78 Å². The summed E-state index contributed by atoms with van der Waals surface area (Å²) in [4.78, 5) is 12.1. The molecule has 0 spiro atoms. The number of halogens is 2. The largest absolute Gasteiger partial charge is 0.294 e. The van der Waals surface area contributed by atoms with Gasteiger partial charge in [-0.1, -0.05) is 23.2 Å². The lowest BCUT2D eigenvalue weighted by Crippen LogP contribution is -2.04. The molecule has 2 aromatic rings. The number of aryl methyl sites for hydroxylation is 1. The molecule has 0 saturated carbocycles. The highest BCUT2D eigenvalue weighted by atomic mass is 35.5. The molecule has 1 aromatic heterocycles. The number of ketones is 1. The number of benzene rings is 1. The molecule has 0 radical (unpaired) electrons. The van der Waals surface area contributed by atoms with Crippen LogP contribution in [0.4, 0.5) is 0 Å². The Morgan fingerprint density at radius 3 is 2.83 bits per heavy atom. The smallest absolute Gasteiger partial charge is 0.168 e. The Balaban J connectivity index is 2.19. The lowest BCUT2D eigenvalue weighted by atomic mass is 10.1. The van der Waals surface area contributed by atoms with E-state index in [1.54, 1.807) is 29.1 Å². The van der Waals surface area contributed by atoms with E-state index in [4.69, 9.17) is 23.2 Å². The van der Waals surface area contributed by atoms with E-state index in [0.717, 1.165) is 12.1 Å². The summed E-state index contributed by atoms with van der Waals surface area (Å²) >= 11 is 11.9. The van der Waals surface area contributed by atoms with Crippen LogP contribution < -0.4 is 0 Å². The number of nitrogens with zero attached hydrogens (tertiary/aromatic N) is 2. The van der Waals surface area contributed by atoms with Gasteiger partial charge in [0.1, 0.15) is 0 Å². The molecular formula is C13H12Cl2N2O. The first-order chi connectivity index (χ1) is 8.60. The Bertz CT molecular complexity index is 578. The third-order valence-electron chi connectivity index (χ3n) is 2.60. The molecule has 3 nitrogen and oxygen atoms in total. The van der Waals surface area contributed by atoms with Gasteiger partial charge < -0.3 is 0 Å². The monoisotopic (exact) mass is 282 g/mol. The molecule has 0 bridgehead atoms. The second-order valence-electron chi connectivity index (χ2n) is 3.93. The molecule has 0 atom stereocenters. The van der Waals surface area contributed by atoms with Crippen molar-refractivity contribution in [1.29, 1.82) is 0 Å². The molecule has 0 unspecified atom stereocenters. The maximum atomic E-state index is 12.1. The molecule has 0 aliphatic rings. The second-order valence-corrected chi connectivity index (χ2v) is 4.77. The van der Waals surface area contributed by atoms with E-state index < -0.39 is 0 Å². The van der Waals surface area contributed by atoms with Crippen molar-refractivity contribution in [2.24, 2.45) is 0 Å². The molecule has 0 fully saturated rings. The van der Waals surface area contributed by atoms with Gasteiger partial charge in [0.2, 0.25) is 0 Å². The summed E-state index contributed by atoms with van der Waals surface area (Å²) in [5, 5.41) is 5.06. The first-order valence-electron chi connectivity index (χ1n) is 5.59. The summed E-state index contributed by atoms with van der Waals surface area (Å²) in [5.41, 5.74) is 1.33. The fourth-order valence-electron chi connectivity index (χ4n) is 1.66. The van der Waals surface area contributed by atoms with Crippen LogP contribution in [0.2, 0.25) is 10.0 Å². The van der Waals surface area contributed by atoms with Crippen molar-refractivity contribution in [3.05, 3.63) is 51.8 Å². The molecule has 1 heterocycles. The van der Waals surface area contributed by atoms with Crippen molar-refractivity contribution < 1.29 is 4.79 Å². The van der Waals surface area contributed by atoms with Crippen LogP contribution in [0.1, 0.15) is 22.8 Å². The number of hydrogen-bond acceptors (Lipinski definition) is 2. The molecule has 0 N–H and O–H groups in total. The summed E-state index contributed by atoms with van der Waals surface area (Å²) in [7, 11) is 0. The van der Waals surface area contributed by atoms with Crippen molar-refractivity contribution >= 4 is 29.0 Å². The van der Waals surface area contributed by atoms with Gasteiger partial charge in [-0.25, -0.2) is 0 Å². The molecular weight excluding hydrogens is 271 g/mol. The van der Waals surface area contributed by atoms with Gasteiger partial charge in [-0.2, -0.15) is 5.10 Å². The van der Waals surface area contributed by atoms with Crippen molar-refractivity contribution in [3.8, 4) is 0 Å². The molecule has 0 amide bonds. The van der Waals surface area contributed by atoms with Gasteiger partial charge >= 0.3 is 0 Å². The fourth-order valence-corrected chi connectivity index (χ4v) is 2.06. The highest BCUT2D eigenvalue weighted by molar-refractivity contribution is 6.35. The first kappa shape index (κ1) is 13.1. The van der Waals surface area contributed by atoms with Crippen LogP contribution in [0.3, 0.4) is 0 Å². The Labute approximate surface area is 115 Å². The lowest BCUT2D eigenvalue weighted by Gasteiger charge is -2.03. The minimum atomic E-state index is -0.0573. The summed E-state index contributed by atoms with van der Waals surface area (Å²) < 4.78 is 1.78. The van der Waals surface area contributed by atoms with Gasteiger partial charge in [0, 0.05) is 29.7 Å². The average molecular weight is 283 g/mol. The molecule has 1 aromatic carbocycles. The summed E-state index contributed by atoms with van der Waals surface area (Å²) in [5.74, 6) is -0.0573. The molecule has 0 saturated heterocycles. The maximum Gasteiger partial charge on any atom is 0.168 e. The third kappa shape index (κ3) is 2.92. The summed E-state index contributed by atoms with van der Waals surface area (Å²) in [6.45, 7) is 2.78. The molecule has 0 aliphatic heterocycles. The summed E-state index contributed by atoms with van der Waals surface area (Å²) in [6, 6.07) is 4.89. The van der Waals surface area contributed by atoms with Crippen LogP contribution in [0, 0.1) is 0 Å². The van der Waals surface area contributed by atoms with Crippen LogP contribution in [0.25, 0.3) is 0 Å². The normalized spacial score (nSPS) is 10.6. The number of aromatic nitrogens is 2. The Kier molecular flexibility index (Phi) is 4.04. The zero-order valence-electron chi connectivity index (χ0n) is 9.86. The number of Topliss-reactive ketones (excluding diaryl/α,β-unsaturated/α-hetero) is 1. The predicted molar refractivity (Wildman–Crippen MR) is 72.4 cm³/mol. The fraction of sp³-hybridized carbons (Fsp3) is 0.231. The van der Waals surface area contributed by atoms with Crippen molar-refractivity contribution in [2.45, 2.75) is 19.9 Å². The van der Waals surface area contributed by atoms with Gasteiger partial charge in [0.25, 0.3) is 0 Å². The van der Waals surface area contributed by atoms with Crippen molar-refractivity contribution in [3.63, 3.8) is 0 Å². The lowest BCUT2D eigenvalue weighted by molar-refractivity contribution is 0.0993. The highest BCUT2D eigenvalue weighted by Crippen LogP contribution is 2.22. The molecule has 94 valence electrons. The number of hydrogen-bond donors (Lipinski definition) is 0.